The van der Waals surface area contributed by atoms with Crippen molar-refractivity contribution in [2.45, 2.75) is 110 Å². The molecule has 0 aliphatic rings. The monoisotopic (exact) mass is 395 g/mol. The minimum Gasteiger partial charge on any atom is -0.392 e. The predicted molar refractivity (Wildman–Crippen MR) is 119 cm³/mol. The summed E-state index contributed by atoms with van der Waals surface area (Å²) in [4.78, 5) is 13.8. The van der Waals surface area contributed by atoms with Crippen LogP contribution in [0.2, 0.25) is 0 Å². The Morgan fingerprint density at radius 1 is 0.786 bits per heavy atom. The van der Waals surface area contributed by atoms with E-state index in [1.807, 2.05) is 0 Å². The van der Waals surface area contributed by atoms with E-state index in [4.69, 9.17) is 0 Å². The highest BCUT2D eigenvalue weighted by Crippen LogP contribution is 2.10. The summed E-state index contributed by atoms with van der Waals surface area (Å²) >= 11 is 0. The highest BCUT2D eigenvalue weighted by atomic mass is 16.3. The average Bonchev–Trinajstić information content (AvgIpc) is 2.63. The van der Waals surface area contributed by atoms with Crippen molar-refractivity contribution in [3.05, 3.63) is 24.3 Å². The van der Waals surface area contributed by atoms with Crippen LogP contribution in [0.5, 0.6) is 0 Å². The third-order valence-electron chi connectivity index (χ3n) is 4.66. The van der Waals surface area contributed by atoms with Gasteiger partial charge in [0.2, 0.25) is 5.91 Å². The summed E-state index contributed by atoms with van der Waals surface area (Å²) in [5.41, 5.74) is 0. The molecule has 2 N–H and O–H groups in total. The van der Waals surface area contributed by atoms with Crippen LogP contribution in [0.25, 0.3) is 0 Å². The number of carbonyl (C=O) groups is 1. The lowest BCUT2D eigenvalue weighted by atomic mass is 10.1. The number of allylic oxidation sites excluding steroid dienone is 4. The molecule has 0 fully saturated rings. The van der Waals surface area contributed by atoms with E-state index in [0.29, 0.717) is 19.5 Å². The van der Waals surface area contributed by atoms with Gasteiger partial charge in [-0.1, -0.05) is 63.3 Å². The van der Waals surface area contributed by atoms with Crippen molar-refractivity contribution in [2.75, 3.05) is 13.1 Å². The Kier molecular flexibility index (Phi) is 18.4. The standard InChI is InChI=1S/C24H45NO3/c1-4-5-6-7-8-9-10-11-12-13-14-15-16-17-18-19-24(28)25(20-22(2)26)21-23(3)27/h8-9,11-12,22-23,26-27H,4-7,10,13-21H2,1-3H3. The van der Waals surface area contributed by atoms with Gasteiger partial charge < -0.3 is 15.1 Å². The van der Waals surface area contributed by atoms with E-state index in [9.17, 15) is 15.0 Å². The van der Waals surface area contributed by atoms with E-state index < -0.39 is 12.2 Å². The first-order valence-electron chi connectivity index (χ1n) is 11.4. The average molecular weight is 396 g/mol. The maximum atomic E-state index is 12.2. The SMILES string of the molecule is CCCCCC=CCC=CCCCCCCCC(=O)N(CC(C)O)CC(C)O. The fourth-order valence-electron chi connectivity index (χ4n) is 3.16. The van der Waals surface area contributed by atoms with Gasteiger partial charge in [0.1, 0.15) is 0 Å². The van der Waals surface area contributed by atoms with Gasteiger partial charge in [0.05, 0.1) is 12.2 Å². The van der Waals surface area contributed by atoms with Crippen molar-refractivity contribution in [2.24, 2.45) is 0 Å². The second-order valence-corrected chi connectivity index (χ2v) is 7.98. The van der Waals surface area contributed by atoms with Gasteiger partial charge >= 0.3 is 0 Å². The molecule has 0 aliphatic carbocycles. The number of aliphatic hydroxyl groups is 2. The molecule has 0 aromatic rings. The van der Waals surface area contributed by atoms with Gasteiger partial charge in [-0.15, -0.1) is 0 Å². The molecule has 0 spiro atoms. The lowest BCUT2D eigenvalue weighted by molar-refractivity contribution is -0.134. The van der Waals surface area contributed by atoms with Crippen molar-refractivity contribution in [1.29, 1.82) is 0 Å². The molecule has 1 amide bonds. The first kappa shape index (κ1) is 26.9. The van der Waals surface area contributed by atoms with E-state index in [1.54, 1.807) is 18.7 Å². The predicted octanol–water partition coefficient (Wildman–Crippen LogP) is 5.39. The molecule has 0 aromatic carbocycles. The van der Waals surface area contributed by atoms with Crippen LogP contribution in [0, 0.1) is 0 Å². The van der Waals surface area contributed by atoms with Crippen LogP contribution in [0.15, 0.2) is 24.3 Å². The Morgan fingerprint density at radius 3 is 1.82 bits per heavy atom. The molecule has 4 heteroatoms. The zero-order valence-electron chi connectivity index (χ0n) is 18.6. The molecule has 2 atom stereocenters. The maximum Gasteiger partial charge on any atom is 0.222 e. The van der Waals surface area contributed by atoms with Crippen molar-refractivity contribution >= 4 is 5.91 Å². The molecule has 0 aromatic heterocycles. The quantitative estimate of drug-likeness (QED) is 0.242. The minimum atomic E-state index is -0.563. The Labute approximate surface area is 173 Å². The van der Waals surface area contributed by atoms with Crippen molar-refractivity contribution in [3.8, 4) is 0 Å². The van der Waals surface area contributed by atoms with Crippen LogP contribution in [-0.2, 0) is 4.79 Å². The number of aliphatic hydroxyl groups excluding tert-OH is 2. The first-order valence-corrected chi connectivity index (χ1v) is 11.4. The summed E-state index contributed by atoms with van der Waals surface area (Å²) in [6.45, 7) is 6.16. The molecule has 2 unspecified atom stereocenters. The summed E-state index contributed by atoms with van der Waals surface area (Å²) in [7, 11) is 0. The lowest BCUT2D eigenvalue weighted by Gasteiger charge is -2.25. The second-order valence-electron chi connectivity index (χ2n) is 7.98. The molecule has 0 radical (unpaired) electrons. The topological polar surface area (TPSA) is 60.8 Å². The summed E-state index contributed by atoms with van der Waals surface area (Å²) in [5.74, 6) is 0.0347. The van der Waals surface area contributed by atoms with Gasteiger partial charge in [-0.25, -0.2) is 0 Å². The van der Waals surface area contributed by atoms with Gasteiger partial charge in [0.15, 0.2) is 0 Å². The Morgan fingerprint density at radius 2 is 1.29 bits per heavy atom. The van der Waals surface area contributed by atoms with Crippen LogP contribution in [0.1, 0.15) is 97.8 Å². The highest BCUT2D eigenvalue weighted by Gasteiger charge is 2.16. The molecule has 0 heterocycles. The number of amides is 1. The van der Waals surface area contributed by atoms with Crippen LogP contribution >= 0.6 is 0 Å². The summed E-state index contributed by atoms with van der Waals surface area (Å²) in [6.07, 6.45) is 21.3. The first-order chi connectivity index (χ1) is 13.5. The van der Waals surface area contributed by atoms with Gasteiger partial charge in [0.25, 0.3) is 0 Å². The third-order valence-corrected chi connectivity index (χ3v) is 4.66. The molecule has 0 saturated carbocycles. The van der Waals surface area contributed by atoms with Crippen LogP contribution in [0.4, 0.5) is 0 Å². The van der Waals surface area contributed by atoms with E-state index in [1.165, 1.54) is 38.5 Å². The number of carbonyl (C=O) groups excluding carboxylic acids is 1. The zero-order chi connectivity index (χ0) is 21.0. The fraction of sp³-hybridized carbons (Fsp3) is 0.792. The zero-order valence-corrected chi connectivity index (χ0v) is 18.6. The molecule has 0 rings (SSSR count). The second kappa shape index (κ2) is 19.2. The number of unbranched alkanes of at least 4 members (excludes halogenated alkanes) is 8. The third kappa shape index (κ3) is 18.2. The largest absolute Gasteiger partial charge is 0.392 e. The van der Waals surface area contributed by atoms with E-state index in [0.717, 1.165) is 32.1 Å². The number of rotatable bonds is 18. The Hall–Kier alpha value is -1.13. The number of nitrogens with zero attached hydrogens (tertiary/aromatic N) is 1. The minimum absolute atomic E-state index is 0.0347. The van der Waals surface area contributed by atoms with E-state index in [2.05, 4.69) is 31.2 Å². The molecule has 0 bridgehead atoms. The summed E-state index contributed by atoms with van der Waals surface area (Å²) < 4.78 is 0. The van der Waals surface area contributed by atoms with Gasteiger partial charge in [-0.3, -0.25) is 4.79 Å². The molecule has 28 heavy (non-hydrogen) atoms. The van der Waals surface area contributed by atoms with Crippen LogP contribution in [0.3, 0.4) is 0 Å². The fourth-order valence-corrected chi connectivity index (χ4v) is 3.16. The molecule has 4 nitrogen and oxygen atoms in total. The molecular formula is C24H45NO3. The molecular weight excluding hydrogens is 350 g/mol. The van der Waals surface area contributed by atoms with Crippen LogP contribution < -0.4 is 0 Å². The molecule has 0 aliphatic heterocycles. The van der Waals surface area contributed by atoms with E-state index in [-0.39, 0.29) is 5.91 Å². The lowest BCUT2D eigenvalue weighted by Crippen LogP contribution is -2.40. The number of hydrogen-bond acceptors (Lipinski definition) is 3. The normalized spacial score (nSPS) is 14.0. The van der Waals surface area contributed by atoms with Gasteiger partial charge in [-0.05, 0) is 52.4 Å². The Bertz CT molecular complexity index is 406. The molecule has 0 saturated heterocycles. The van der Waals surface area contributed by atoms with Crippen LogP contribution in [-0.4, -0.2) is 46.3 Å². The van der Waals surface area contributed by atoms with Gasteiger partial charge in [0, 0.05) is 19.5 Å². The summed E-state index contributed by atoms with van der Waals surface area (Å²) in [5, 5.41) is 19.0. The molecule has 164 valence electrons. The maximum absolute atomic E-state index is 12.2. The van der Waals surface area contributed by atoms with Crippen molar-refractivity contribution in [3.63, 3.8) is 0 Å². The highest BCUT2D eigenvalue weighted by molar-refractivity contribution is 5.76. The van der Waals surface area contributed by atoms with E-state index >= 15 is 0 Å². The van der Waals surface area contributed by atoms with Crippen molar-refractivity contribution in [1.82, 2.24) is 4.90 Å². The smallest absolute Gasteiger partial charge is 0.222 e. The van der Waals surface area contributed by atoms with Crippen molar-refractivity contribution < 1.29 is 15.0 Å². The van der Waals surface area contributed by atoms with Gasteiger partial charge in [-0.2, -0.15) is 0 Å². The number of hydrogen-bond donors (Lipinski definition) is 2. The Balaban J connectivity index is 3.64. The summed E-state index contributed by atoms with van der Waals surface area (Å²) in [6, 6.07) is 0.